The van der Waals surface area contributed by atoms with E-state index < -0.39 is 0 Å². The molecule has 3 rings (SSSR count). The SMILES string of the molecule is C=C1c2ccccc2C(=O)N1C1CCCC1C#N. The van der Waals surface area contributed by atoms with Gasteiger partial charge in [-0.25, -0.2) is 0 Å². The van der Waals surface area contributed by atoms with Crippen molar-refractivity contribution in [1.29, 1.82) is 5.26 Å². The molecule has 1 fully saturated rings. The average Bonchev–Trinajstić information content (AvgIpc) is 2.95. The van der Waals surface area contributed by atoms with E-state index in [1.54, 1.807) is 4.90 Å². The minimum atomic E-state index is -0.0555. The van der Waals surface area contributed by atoms with Gasteiger partial charge in [0.15, 0.2) is 0 Å². The zero-order valence-electron chi connectivity index (χ0n) is 10.1. The Morgan fingerprint density at radius 1 is 1.28 bits per heavy atom. The molecule has 1 amide bonds. The Labute approximate surface area is 106 Å². The molecule has 2 unspecified atom stereocenters. The molecule has 0 radical (unpaired) electrons. The van der Waals surface area contributed by atoms with Crippen molar-refractivity contribution < 1.29 is 4.79 Å². The third-order valence-corrected chi connectivity index (χ3v) is 3.95. The van der Waals surface area contributed by atoms with Crippen molar-refractivity contribution in [2.24, 2.45) is 5.92 Å². The summed E-state index contributed by atoms with van der Waals surface area (Å²) in [5.41, 5.74) is 2.37. The van der Waals surface area contributed by atoms with Gasteiger partial charge in [-0.15, -0.1) is 0 Å². The van der Waals surface area contributed by atoms with Crippen molar-refractivity contribution in [2.75, 3.05) is 0 Å². The number of nitriles is 1. The van der Waals surface area contributed by atoms with Crippen molar-refractivity contribution in [3.8, 4) is 6.07 Å². The van der Waals surface area contributed by atoms with Crippen LogP contribution in [0, 0.1) is 17.2 Å². The number of carbonyl (C=O) groups is 1. The Bertz CT molecular complexity index is 535. The lowest BCUT2D eigenvalue weighted by molar-refractivity contribution is 0.0792. The first-order chi connectivity index (χ1) is 8.74. The Morgan fingerprint density at radius 2 is 2.00 bits per heavy atom. The van der Waals surface area contributed by atoms with Gasteiger partial charge in [-0.3, -0.25) is 4.79 Å². The van der Waals surface area contributed by atoms with E-state index in [0.29, 0.717) is 5.56 Å². The van der Waals surface area contributed by atoms with E-state index in [0.717, 1.165) is 30.5 Å². The lowest BCUT2D eigenvalue weighted by Crippen LogP contribution is -2.36. The largest absolute Gasteiger partial charge is 0.304 e. The fourth-order valence-corrected chi connectivity index (χ4v) is 3.05. The normalized spacial score (nSPS) is 26.3. The summed E-state index contributed by atoms with van der Waals surface area (Å²) in [6, 6.07) is 9.86. The summed E-state index contributed by atoms with van der Waals surface area (Å²) in [7, 11) is 0. The van der Waals surface area contributed by atoms with Crippen LogP contribution in [0.2, 0.25) is 0 Å². The van der Waals surface area contributed by atoms with Gasteiger partial charge in [0.25, 0.3) is 5.91 Å². The lowest BCUT2D eigenvalue weighted by atomic mass is 10.0. The molecule has 0 spiro atoms. The van der Waals surface area contributed by atoms with Gasteiger partial charge in [-0.1, -0.05) is 24.8 Å². The third kappa shape index (κ3) is 1.39. The average molecular weight is 238 g/mol. The van der Waals surface area contributed by atoms with Crippen LogP contribution in [-0.2, 0) is 0 Å². The fraction of sp³-hybridized carbons (Fsp3) is 0.333. The molecule has 90 valence electrons. The predicted octanol–water partition coefficient (Wildman–Crippen LogP) is 2.81. The zero-order valence-corrected chi connectivity index (χ0v) is 10.1. The first kappa shape index (κ1) is 11.0. The maximum atomic E-state index is 12.4. The molecule has 1 aromatic rings. The molecule has 1 aromatic carbocycles. The lowest BCUT2D eigenvalue weighted by Gasteiger charge is -2.27. The molecule has 3 heteroatoms. The van der Waals surface area contributed by atoms with Crippen LogP contribution in [0.3, 0.4) is 0 Å². The minimum absolute atomic E-state index is 0.00222. The minimum Gasteiger partial charge on any atom is -0.304 e. The smallest absolute Gasteiger partial charge is 0.259 e. The molecular formula is C15H14N2O. The van der Waals surface area contributed by atoms with Gasteiger partial charge in [-0.2, -0.15) is 5.26 Å². The van der Waals surface area contributed by atoms with Crippen LogP contribution in [0.15, 0.2) is 30.8 Å². The van der Waals surface area contributed by atoms with Crippen molar-refractivity contribution in [3.63, 3.8) is 0 Å². The summed E-state index contributed by atoms with van der Waals surface area (Å²) in [5, 5.41) is 9.17. The Morgan fingerprint density at radius 3 is 2.67 bits per heavy atom. The zero-order chi connectivity index (χ0) is 12.7. The van der Waals surface area contributed by atoms with E-state index in [-0.39, 0.29) is 17.9 Å². The van der Waals surface area contributed by atoms with Crippen LogP contribution in [0.25, 0.3) is 5.70 Å². The van der Waals surface area contributed by atoms with Crippen LogP contribution in [0.1, 0.15) is 35.2 Å². The van der Waals surface area contributed by atoms with Crippen LogP contribution in [0.5, 0.6) is 0 Å². The van der Waals surface area contributed by atoms with Crippen LogP contribution in [-0.4, -0.2) is 16.8 Å². The molecule has 0 saturated heterocycles. The molecule has 2 atom stereocenters. The second-order valence-corrected chi connectivity index (χ2v) is 4.90. The first-order valence-electron chi connectivity index (χ1n) is 6.25. The number of fused-ring (bicyclic) bond motifs is 1. The van der Waals surface area contributed by atoms with Crippen LogP contribution in [0.4, 0.5) is 0 Å². The van der Waals surface area contributed by atoms with Gasteiger partial charge in [0.1, 0.15) is 0 Å². The Kier molecular flexibility index (Phi) is 2.45. The number of amides is 1. The molecule has 2 aliphatic rings. The first-order valence-corrected chi connectivity index (χ1v) is 6.25. The van der Waals surface area contributed by atoms with Gasteiger partial charge in [0.05, 0.1) is 18.0 Å². The standard InChI is InChI=1S/C15H14N2O/c1-10-12-6-2-3-7-13(12)15(18)17(10)14-8-4-5-11(14)9-16/h2-3,6-7,11,14H,1,4-5,8H2. The van der Waals surface area contributed by atoms with E-state index >= 15 is 0 Å². The number of benzene rings is 1. The fourth-order valence-electron chi connectivity index (χ4n) is 3.05. The second kappa shape index (κ2) is 3.99. The van der Waals surface area contributed by atoms with E-state index in [4.69, 9.17) is 5.26 Å². The van der Waals surface area contributed by atoms with Crippen molar-refractivity contribution in [3.05, 3.63) is 42.0 Å². The highest BCUT2D eigenvalue weighted by Crippen LogP contribution is 2.39. The van der Waals surface area contributed by atoms with Gasteiger partial charge < -0.3 is 4.90 Å². The van der Waals surface area contributed by atoms with Crippen molar-refractivity contribution >= 4 is 11.6 Å². The predicted molar refractivity (Wildman–Crippen MR) is 68.4 cm³/mol. The topological polar surface area (TPSA) is 44.1 Å². The number of hydrogen-bond donors (Lipinski definition) is 0. The molecule has 18 heavy (non-hydrogen) atoms. The molecule has 1 saturated carbocycles. The Hall–Kier alpha value is -2.08. The molecular weight excluding hydrogens is 224 g/mol. The molecule has 3 nitrogen and oxygen atoms in total. The number of carbonyl (C=O) groups excluding carboxylic acids is 1. The summed E-state index contributed by atoms with van der Waals surface area (Å²) < 4.78 is 0. The van der Waals surface area contributed by atoms with Crippen molar-refractivity contribution in [2.45, 2.75) is 25.3 Å². The second-order valence-electron chi connectivity index (χ2n) is 4.90. The van der Waals surface area contributed by atoms with Gasteiger partial charge in [0.2, 0.25) is 0 Å². The monoisotopic (exact) mass is 238 g/mol. The highest BCUT2D eigenvalue weighted by molar-refractivity contribution is 6.09. The van der Waals surface area contributed by atoms with E-state index in [2.05, 4.69) is 12.6 Å². The molecule has 1 heterocycles. The van der Waals surface area contributed by atoms with Gasteiger partial charge >= 0.3 is 0 Å². The Balaban J connectivity index is 2.00. The van der Waals surface area contributed by atoms with Crippen molar-refractivity contribution in [1.82, 2.24) is 4.90 Å². The quantitative estimate of drug-likeness (QED) is 0.755. The van der Waals surface area contributed by atoms with Gasteiger partial charge in [-0.05, 0) is 25.3 Å². The molecule has 1 aliphatic carbocycles. The van der Waals surface area contributed by atoms with E-state index in [9.17, 15) is 4.79 Å². The van der Waals surface area contributed by atoms with Crippen LogP contribution < -0.4 is 0 Å². The maximum Gasteiger partial charge on any atom is 0.259 e. The van der Waals surface area contributed by atoms with Gasteiger partial charge in [0, 0.05) is 16.8 Å². The molecule has 1 aliphatic heterocycles. The summed E-state index contributed by atoms with van der Waals surface area (Å²) in [6.07, 6.45) is 2.79. The summed E-state index contributed by atoms with van der Waals surface area (Å²) in [4.78, 5) is 14.2. The number of nitrogens with zero attached hydrogens (tertiary/aromatic N) is 2. The maximum absolute atomic E-state index is 12.4. The summed E-state index contributed by atoms with van der Waals surface area (Å²) >= 11 is 0. The summed E-state index contributed by atoms with van der Waals surface area (Å²) in [6.45, 7) is 4.04. The van der Waals surface area contributed by atoms with E-state index in [1.165, 1.54) is 0 Å². The molecule has 0 bridgehead atoms. The highest BCUT2D eigenvalue weighted by Gasteiger charge is 2.41. The number of hydrogen-bond acceptors (Lipinski definition) is 2. The highest BCUT2D eigenvalue weighted by atomic mass is 16.2. The molecule has 0 aromatic heterocycles. The van der Waals surface area contributed by atoms with Crippen LogP contribution >= 0.6 is 0 Å². The number of rotatable bonds is 1. The van der Waals surface area contributed by atoms with E-state index in [1.807, 2.05) is 24.3 Å². The third-order valence-electron chi connectivity index (χ3n) is 3.95. The molecule has 0 N–H and O–H groups in total. The summed E-state index contributed by atoms with van der Waals surface area (Å²) in [5.74, 6) is -0.0530.